The molecule has 2 aromatic carbocycles. The predicted octanol–water partition coefficient (Wildman–Crippen LogP) is 3.99. The number of halogens is 2. The third kappa shape index (κ3) is 2.94. The average Bonchev–Trinajstić information content (AvgIpc) is 2.34. The monoisotopic (exact) mass is 343 g/mol. The van der Waals surface area contributed by atoms with Gasteiger partial charge in [0.2, 0.25) is 0 Å². The van der Waals surface area contributed by atoms with Gasteiger partial charge in [-0.1, -0.05) is 45.7 Å². The molecule has 0 aromatic heterocycles. The maximum absolute atomic E-state index is 12.3. The van der Waals surface area contributed by atoms with Gasteiger partial charge in [0.15, 0.2) is 0 Å². The number of anilines is 1. The van der Waals surface area contributed by atoms with Gasteiger partial charge in [-0.3, -0.25) is 4.21 Å². The van der Waals surface area contributed by atoms with Crippen molar-refractivity contribution in [2.75, 3.05) is 5.73 Å². The van der Waals surface area contributed by atoms with Crippen LogP contribution in [-0.4, -0.2) is 4.21 Å². The van der Waals surface area contributed by atoms with Crippen molar-refractivity contribution in [2.24, 2.45) is 0 Å². The first-order chi connectivity index (χ1) is 8.59. The molecule has 0 saturated carbocycles. The maximum Gasteiger partial charge on any atom is 0.0590 e. The Morgan fingerprint density at radius 3 is 2.56 bits per heavy atom. The van der Waals surface area contributed by atoms with Crippen LogP contribution in [0.3, 0.4) is 0 Å². The molecular weight excluding hydrogens is 334 g/mol. The van der Waals surface area contributed by atoms with Crippen molar-refractivity contribution in [2.45, 2.75) is 10.6 Å². The lowest BCUT2D eigenvalue weighted by Crippen LogP contribution is -2.02. The van der Waals surface area contributed by atoms with Crippen LogP contribution in [0.5, 0.6) is 0 Å². The van der Waals surface area contributed by atoms with Crippen LogP contribution in [0.1, 0.15) is 5.56 Å². The number of hydrogen-bond acceptors (Lipinski definition) is 2. The van der Waals surface area contributed by atoms with Gasteiger partial charge in [0.1, 0.15) is 0 Å². The van der Waals surface area contributed by atoms with Crippen LogP contribution < -0.4 is 5.73 Å². The average molecular weight is 345 g/mol. The zero-order valence-corrected chi connectivity index (χ0v) is 12.6. The molecule has 0 aliphatic carbocycles. The summed E-state index contributed by atoms with van der Waals surface area (Å²) in [5.41, 5.74) is 7.36. The number of nitrogen functional groups attached to an aromatic ring is 1. The fraction of sp³-hybridized carbons (Fsp3) is 0.0769. The summed E-state index contributed by atoms with van der Waals surface area (Å²) in [6.07, 6.45) is 0. The van der Waals surface area contributed by atoms with Crippen molar-refractivity contribution in [3.8, 4) is 0 Å². The molecule has 18 heavy (non-hydrogen) atoms. The molecule has 0 heterocycles. The molecule has 0 saturated heterocycles. The molecule has 1 atom stereocenters. The maximum atomic E-state index is 12.3. The summed E-state index contributed by atoms with van der Waals surface area (Å²) in [5, 5.41) is 0.515. The second-order valence-corrected chi connectivity index (χ2v) is 6.41. The SMILES string of the molecule is Nc1cccc(Br)c1CS(=O)c1ccccc1Cl. The standard InChI is InChI=1S/C13H11BrClNOS/c14-10-4-3-6-12(16)9(10)8-18(17)13-7-2-1-5-11(13)15/h1-7H,8,16H2. The Balaban J connectivity index is 2.30. The van der Waals surface area contributed by atoms with Crippen molar-refractivity contribution in [1.82, 2.24) is 0 Å². The molecule has 0 amide bonds. The molecule has 0 fully saturated rings. The van der Waals surface area contributed by atoms with Crippen LogP contribution in [0.25, 0.3) is 0 Å². The molecule has 1 unspecified atom stereocenters. The largest absolute Gasteiger partial charge is 0.398 e. The Hall–Kier alpha value is -0.840. The summed E-state index contributed by atoms with van der Waals surface area (Å²) in [6, 6.07) is 12.7. The first kappa shape index (κ1) is 13.6. The van der Waals surface area contributed by atoms with Gasteiger partial charge in [0.05, 0.1) is 26.5 Å². The fourth-order valence-corrected chi connectivity index (χ4v) is 3.92. The van der Waals surface area contributed by atoms with E-state index in [1.807, 2.05) is 24.3 Å². The summed E-state index contributed by atoms with van der Waals surface area (Å²) in [7, 11) is -1.21. The highest BCUT2D eigenvalue weighted by atomic mass is 79.9. The van der Waals surface area contributed by atoms with Crippen LogP contribution in [0, 0.1) is 0 Å². The van der Waals surface area contributed by atoms with Crippen LogP contribution in [0.4, 0.5) is 5.69 Å². The minimum atomic E-state index is -1.21. The summed E-state index contributed by atoms with van der Waals surface area (Å²) in [4.78, 5) is 0.634. The molecule has 0 aliphatic heterocycles. The Kier molecular flexibility index (Phi) is 4.43. The van der Waals surface area contributed by atoms with Crippen LogP contribution in [0.15, 0.2) is 51.8 Å². The number of rotatable bonds is 3. The highest BCUT2D eigenvalue weighted by Gasteiger charge is 2.12. The molecular formula is C13H11BrClNOS. The van der Waals surface area contributed by atoms with Gasteiger partial charge in [-0.05, 0) is 24.3 Å². The Morgan fingerprint density at radius 1 is 1.17 bits per heavy atom. The topological polar surface area (TPSA) is 43.1 Å². The van der Waals surface area contributed by atoms with Crippen molar-refractivity contribution in [3.63, 3.8) is 0 Å². The molecule has 2 aromatic rings. The number of nitrogens with two attached hydrogens (primary N) is 1. The highest BCUT2D eigenvalue weighted by molar-refractivity contribution is 9.10. The van der Waals surface area contributed by atoms with E-state index in [-0.39, 0.29) is 0 Å². The molecule has 0 spiro atoms. The van der Waals surface area contributed by atoms with E-state index < -0.39 is 10.8 Å². The summed E-state index contributed by atoms with van der Waals surface area (Å²) in [6.45, 7) is 0. The summed E-state index contributed by atoms with van der Waals surface area (Å²) < 4.78 is 13.2. The van der Waals surface area contributed by atoms with E-state index in [9.17, 15) is 4.21 Å². The van der Waals surface area contributed by atoms with Gasteiger partial charge in [-0.25, -0.2) is 0 Å². The van der Waals surface area contributed by atoms with Crippen LogP contribution >= 0.6 is 27.5 Å². The number of benzene rings is 2. The molecule has 5 heteroatoms. The van der Waals surface area contributed by atoms with Crippen LogP contribution in [0.2, 0.25) is 5.02 Å². The van der Waals surface area contributed by atoms with Gasteiger partial charge < -0.3 is 5.73 Å². The second kappa shape index (κ2) is 5.87. The Labute approximate surface area is 122 Å². The van der Waals surface area contributed by atoms with Crippen molar-refractivity contribution < 1.29 is 4.21 Å². The van der Waals surface area contributed by atoms with Gasteiger partial charge in [-0.15, -0.1) is 0 Å². The lowest BCUT2D eigenvalue weighted by molar-refractivity contribution is 0.682. The molecule has 0 bridgehead atoms. The van der Waals surface area contributed by atoms with Gasteiger partial charge in [0.25, 0.3) is 0 Å². The zero-order valence-electron chi connectivity index (χ0n) is 9.40. The van der Waals surface area contributed by atoms with E-state index in [2.05, 4.69) is 15.9 Å². The Bertz CT molecular complexity index is 583. The smallest absolute Gasteiger partial charge is 0.0590 e. The summed E-state index contributed by atoms with van der Waals surface area (Å²) >= 11 is 9.45. The first-order valence-corrected chi connectivity index (χ1v) is 7.74. The van der Waals surface area contributed by atoms with E-state index >= 15 is 0 Å². The van der Waals surface area contributed by atoms with E-state index in [4.69, 9.17) is 17.3 Å². The molecule has 0 radical (unpaired) electrons. The van der Waals surface area contributed by atoms with Crippen molar-refractivity contribution >= 4 is 44.0 Å². The Morgan fingerprint density at radius 2 is 1.89 bits per heavy atom. The highest BCUT2D eigenvalue weighted by Crippen LogP contribution is 2.27. The zero-order chi connectivity index (χ0) is 13.1. The van der Waals surface area contributed by atoms with Crippen molar-refractivity contribution in [3.05, 3.63) is 57.5 Å². The second-order valence-electron chi connectivity index (χ2n) is 3.73. The lowest BCUT2D eigenvalue weighted by atomic mass is 10.2. The summed E-state index contributed by atoms with van der Waals surface area (Å²) in [5.74, 6) is 0.344. The first-order valence-electron chi connectivity index (χ1n) is 5.25. The lowest BCUT2D eigenvalue weighted by Gasteiger charge is -2.09. The van der Waals surface area contributed by atoms with Gasteiger partial charge in [0, 0.05) is 15.7 Å². The molecule has 94 valence electrons. The van der Waals surface area contributed by atoms with Crippen molar-refractivity contribution in [1.29, 1.82) is 0 Å². The molecule has 2 N–H and O–H groups in total. The molecule has 2 nitrogen and oxygen atoms in total. The minimum Gasteiger partial charge on any atom is -0.398 e. The fourth-order valence-electron chi connectivity index (χ4n) is 1.57. The molecule has 0 aliphatic rings. The van der Waals surface area contributed by atoms with Gasteiger partial charge in [-0.2, -0.15) is 0 Å². The molecule has 2 rings (SSSR count). The van der Waals surface area contributed by atoms with E-state index in [1.165, 1.54) is 0 Å². The minimum absolute atomic E-state index is 0.344. The predicted molar refractivity (Wildman–Crippen MR) is 80.1 cm³/mol. The van der Waals surface area contributed by atoms with Gasteiger partial charge >= 0.3 is 0 Å². The van der Waals surface area contributed by atoms with Crippen LogP contribution in [-0.2, 0) is 16.6 Å². The quantitative estimate of drug-likeness (QED) is 0.855. The third-order valence-electron chi connectivity index (χ3n) is 2.51. The van der Waals surface area contributed by atoms with E-state index in [0.29, 0.717) is 21.4 Å². The number of hydrogen-bond donors (Lipinski definition) is 1. The normalized spacial score (nSPS) is 12.3. The van der Waals surface area contributed by atoms with E-state index in [1.54, 1.807) is 18.2 Å². The van der Waals surface area contributed by atoms with E-state index in [0.717, 1.165) is 10.0 Å². The third-order valence-corrected chi connectivity index (χ3v) is 5.09.